The Morgan fingerprint density at radius 2 is 1.56 bits per heavy atom. The normalized spacial score (nSPS) is 10.6. The van der Waals surface area contributed by atoms with Crippen molar-refractivity contribution in [1.82, 2.24) is 0 Å². The first-order valence-corrected chi connectivity index (χ1v) is 9.34. The number of carbonyl (C=O) groups excluding carboxylic acids is 1. The van der Waals surface area contributed by atoms with Gasteiger partial charge < -0.3 is 5.11 Å². The lowest BCUT2D eigenvalue weighted by Crippen LogP contribution is -2.09. The second-order valence-electron chi connectivity index (χ2n) is 6.90. The number of thiocarbonyl (C=S) groups is 1. The van der Waals surface area contributed by atoms with Crippen LogP contribution in [0, 0.1) is 13.8 Å². The van der Waals surface area contributed by atoms with E-state index in [1.807, 2.05) is 74.5 Å². The van der Waals surface area contributed by atoms with Gasteiger partial charge in [-0.1, -0.05) is 65.8 Å². The molecule has 0 fully saturated rings. The Hall–Kier alpha value is -2.78. The predicted octanol–water partition coefficient (Wildman–Crippen LogP) is 5.86. The van der Waals surface area contributed by atoms with Gasteiger partial charge in [0.25, 0.3) is 0 Å². The molecule has 1 N–H and O–H groups in total. The lowest BCUT2D eigenvalue weighted by molar-refractivity contribution is 0.100. The predicted molar refractivity (Wildman–Crippen MR) is 115 cm³/mol. The molecule has 2 nitrogen and oxygen atoms in total. The zero-order valence-electron chi connectivity index (χ0n) is 15.5. The van der Waals surface area contributed by atoms with Crippen LogP contribution in [0.15, 0.2) is 66.7 Å². The summed E-state index contributed by atoms with van der Waals surface area (Å²) in [5, 5.41) is 10.2. The summed E-state index contributed by atoms with van der Waals surface area (Å²) in [6.07, 6.45) is 0.603. The monoisotopic (exact) mass is 374 g/mol. The summed E-state index contributed by atoms with van der Waals surface area (Å²) >= 11 is 5.47. The summed E-state index contributed by atoms with van der Waals surface area (Å²) < 4.78 is 0. The number of rotatable bonds is 6. The average Bonchev–Trinajstić information content (AvgIpc) is 2.63. The smallest absolute Gasteiger partial charge is 0.167 e. The third kappa shape index (κ3) is 4.89. The van der Waals surface area contributed by atoms with Crippen LogP contribution in [0.4, 0.5) is 0 Å². The molecule has 0 aliphatic rings. The number of phenolic OH excluding ortho intramolecular Hbond substituents is 1. The van der Waals surface area contributed by atoms with Crippen LogP contribution in [0.5, 0.6) is 5.75 Å². The van der Waals surface area contributed by atoms with Crippen LogP contribution in [-0.2, 0) is 6.42 Å². The Morgan fingerprint density at radius 1 is 0.889 bits per heavy atom. The lowest BCUT2D eigenvalue weighted by Gasteiger charge is -2.10. The van der Waals surface area contributed by atoms with E-state index in [0.29, 0.717) is 16.8 Å². The first-order chi connectivity index (χ1) is 12.9. The van der Waals surface area contributed by atoms with Crippen molar-refractivity contribution >= 4 is 22.9 Å². The van der Waals surface area contributed by atoms with Crippen molar-refractivity contribution in [2.75, 3.05) is 0 Å². The second-order valence-corrected chi connectivity index (χ2v) is 7.48. The van der Waals surface area contributed by atoms with Crippen LogP contribution >= 0.6 is 12.2 Å². The molecular formula is C24H22O2S. The van der Waals surface area contributed by atoms with E-state index < -0.39 is 0 Å². The fraction of sp³-hybridized carbons (Fsp3) is 0.167. The van der Waals surface area contributed by atoms with E-state index in [9.17, 15) is 9.90 Å². The third-order valence-corrected chi connectivity index (χ3v) is 4.76. The molecule has 0 spiro atoms. The maximum atomic E-state index is 12.6. The summed E-state index contributed by atoms with van der Waals surface area (Å²) in [5.41, 5.74) is 5.67. The zero-order chi connectivity index (χ0) is 19.4. The molecule has 0 amide bonds. The number of benzene rings is 3. The van der Waals surface area contributed by atoms with Crippen LogP contribution in [0.25, 0.3) is 11.1 Å². The third-order valence-electron chi connectivity index (χ3n) is 4.48. The quantitative estimate of drug-likeness (QED) is 0.434. The van der Waals surface area contributed by atoms with Gasteiger partial charge in [0.1, 0.15) is 5.75 Å². The van der Waals surface area contributed by atoms with Gasteiger partial charge in [-0.25, -0.2) is 0 Å². The molecule has 3 aromatic rings. The molecule has 3 aromatic carbocycles. The first kappa shape index (κ1) is 19.0. The van der Waals surface area contributed by atoms with Crippen molar-refractivity contribution in [3.8, 4) is 16.9 Å². The topological polar surface area (TPSA) is 37.3 Å². The number of aryl methyl sites for hydroxylation is 2. The fourth-order valence-electron chi connectivity index (χ4n) is 3.23. The van der Waals surface area contributed by atoms with Gasteiger partial charge in [0.15, 0.2) is 5.78 Å². The van der Waals surface area contributed by atoms with Gasteiger partial charge in [-0.05, 0) is 54.8 Å². The number of hydrogen-bond acceptors (Lipinski definition) is 3. The summed E-state index contributed by atoms with van der Waals surface area (Å²) in [7, 11) is 0. The van der Waals surface area contributed by atoms with Crippen molar-refractivity contribution in [3.63, 3.8) is 0 Å². The van der Waals surface area contributed by atoms with E-state index in [2.05, 4.69) is 0 Å². The number of aromatic hydroxyl groups is 1. The molecule has 0 aliphatic heterocycles. The maximum Gasteiger partial charge on any atom is 0.167 e. The van der Waals surface area contributed by atoms with Crippen LogP contribution in [-0.4, -0.2) is 15.8 Å². The van der Waals surface area contributed by atoms with Gasteiger partial charge in [0.2, 0.25) is 0 Å². The molecule has 0 unspecified atom stereocenters. The lowest BCUT2D eigenvalue weighted by atomic mass is 9.97. The van der Waals surface area contributed by atoms with E-state index >= 15 is 0 Å². The van der Waals surface area contributed by atoms with Crippen molar-refractivity contribution in [3.05, 3.63) is 89.0 Å². The minimum atomic E-state index is 0.0190. The molecule has 0 aromatic heterocycles. The number of ketones is 1. The second kappa shape index (κ2) is 8.28. The van der Waals surface area contributed by atoms with Gasteiger partial charge in [0.05, 0.1) is 0 Å². The largest absolute Gasteiger partial charge is 0.508 e. The van der Waals surface area contributed by atoms with Gasteiger partial charge in [-0.2, -0.15) is 0 Å². The molecule has 0 atom stereocenters. The van der Waals surface area contributed by atoms with E-state index in [1.54, 1.807) is 6.07 Å². The van der Waals surface area contributed by atoms with Gasteiger partial charge in [0, 0.05) is 23.3 Å². The zero-order valence-corrected chi connectivity index (χ0v) is 16.3. The SMILES string of the molecule is Cc1cc(C)cc(C(=O)CC(=S)Cc2cc(-c3ccccc3)ccc2O)c1. The molecule has 0 aliphatic carbocycles. The molecule has 3 heteroatoms. The van der Waals surface area contributed by atoms with Crippen molar-refractivity contribution in [2.45, 2.75) is 26.7 Å². The Bertz CT molecular complexity index is 970. The number of Topliss-reactive ketones (excluding diaryl/α,β-unsaturated/α-hetero) is 1. The summed E-state index contributed by atoms with van der Waals surface area (Å²) in [4.78, 5) is 13.2. The number of hydrogen-bond donors (Lipinski definition) is 1. The highest BCUT2D eigenvalue weighted by Gasteiger charge is 2.13. The van der Waals surface area contributed by atoms with Crippen molar-refractivity contribution < 1.29 is 9.90 Å². The van der Waals surface area contributed by atoms with E-state index in [0.717, 1.165) is 27.8 Å². The van der Waals surface area contributed by atoms with Crippen molar-refractivity contribution in [1.29, 1.82) is 0 Å². The minimum absolute atomic E-state index is 0.0190. The van der Waals surface area contributed by atoms with Crippen LogP contribution in [0.1, 0.15) is 33.5 Å². The Balaban J connectivity index is 1.75. The van der Waals surface area contributed by atoms with Crippen LogP contribution < -0.4 is 0 Å². The molecule has 27 heavy (non-hydrogen) atoms. The highest BCUT2D eigenvalue weighted by molar-refractivity contribution is 7.80. The number of phenols is 1. The molecule has 0 saturated heterocycles. The fourth-order valence-corrected chi connectivity index (χ4v) is 3.52. The summed E-state index contributed by atoms with van der Waals surface area (Å²) in [6, 6.07) is 21.3. The van der Waals surface area contributed by atoms with E-state index in [4.69, 9.17) is 12.2 Å². The number of carbonyl (C=O) groups is 1. The average molecular weight is 375 g/mol. The highest BCUT2D eigenvalue weighted by Crippen LogP contribution is 2.27. The van der Waals surface area contributed by atoms with Crippen molar-refractivity contribution in [2.24, 2.45) is 0 Å². The van der Waals surface area contributed by atoms with Gasteiger partial charge in [-0.15, -0.1) is 0 Å². The van der Waals surface area contributed by atoms with Crippen LogP contribution in [0.3, 0.4) is 0 Å². The van der Waals surface area contributed by atoms with Crippen LogP contribution in [0.2, 0.25) is 0 Å². The Kier molecular flexibility index (Phi) is 5.82. The maximum absolute atomic E-state index is 12.6. The molecule has 136 valence electrons. The molecule has 0 radical (unpaired) electrons. The molecular weight excluding hydrogens is 352 g/mol. The van der Waals surface area contributed by atoms with E-state index in [1.165, 1.54) is 0 Å². The first-order valence-electron chi connectivity index (χ1n) is 8.93. The molecule has 0 saturated carbocycles. The summed E-state index contributed by atoms with van der Waals surface area (Å²) in [6.45, 7) is 3.96. The minimum Gasteiger partial charge on any atom is -0.508 e. The van der Waals surface area contributed by atoms with E-state index in [-0.39, 0.29) is 18.0 Å². The summed E-state index contributed by atoms with van der Waals surface area (Å²) in [5.74, 6) is 0.224. The highest BCUT2D eigenvalue weighted by atomic mass is 32.1. The molecule has 3 rings (SSSR count). The standard InChI is InChI=1S/C24H22O2S/c1-16-10-17(2)12-20(11-16)24(26)15-22(27)14-21-13-19(8-9-23(21)25)18-6-4-3-5-7-18/h3-13,25H,14-15H2,1-2H3. The van der Waals surface area contributed by atoms with Gasteiger partial charge >= 0.3 is 0 Å². The Morgan fingerprint density at radius 3 is 2.22 bits per heavy atom. The Labute approximate surface area is 165 Å². The molecule has 0 heterocycles. The molecule has 0 bridgehead atoms. The van der Waals surface area contributed by atoms with Gasteiger partial charge in [-0.3, -0.25) is 4.79 Å².